The third kappa shape index (κ3) is 7.04. The zero-order chi connectivity index (χ0) is 34.8. The highest BCUT2D eigenvalue weighted by Crippen LogP contribution is 2.75. The number of hydrogen-bond donors (Lipinski definition) is 1. The molecular weight excluding hydrogens is 588 g/mol. The predicted octanol–water partition coefficient (Wildman–Crippen LogP) is 12.6. The maximum Gasteiger partial charge on any atom is 0.306 e. The summed E-state index contributed by atoms with van der Waals surface area (Å²) in [5.74, 6) is 1.80. The lowest BCUT2D eigenvalue weighted by Gasteiger charge is -2.71. The number of unbranched alkanes of at least 4 members (excludes halogenated alkanes) is 8. The number of esters is 1. The number of hydrogen-bond acceptors (Lipinski definition) is 3. The quantitative estimate of drug-likeness (QED) is 0.114. The van der Waals surface area contributed by atoms with E-state index in [1.54, 1.807) is 5.57 Å². The predicted molar refractivity (Wildman–Crippen MR) is 202 cm³/mol. The summed E-state index contributed by atoms with van der Waals surface area (Å²) in [6.07, 6.45) is 32.3. The summed E-state index contributed by atoms with van der Waals surface area (Å²) in [4.78, 5) is 13.2. The molecule has 8 atom stereocenters. The van der Waals surface area contributed by atoms with Gasteiger partial charge in [0.05, 0.1) is 0 Å². The summed E-state index contributed by atoms with van der Waals surface area (Å²) in [5.41, 5.74) is 2.92. The van der Waals surface area contributed by atoms with Crippen LogP contribution in [0.4, 0.5) is 0 Å². The normalized spacial score (nSPS) is 39.9. The summed E-state index contributed by atoms with van der Waals surface area (Å²) < 4.78 is 6.39. The van der Waals surface area contributed by atoms with Crippen molar-refractivity contribution in [3.8, 4) is 0 Å². The van der Waals surface area contributed by atoms with Gasteiger partial charge in [0.1, 0.15) is 6.10 Å². The zero-order valence-electron chi connectivity index (χ0n) is 32.9. The lowest BCUT2D eigenvalue weighted by atomic mass is 9.33. The molecule has 0 aromatic heterocycles. The summed E-state index contributed by atoms with van der Waals surface area (Å²) >= 11 is 0. The second kappa shape index (κ2) is 14.9. The van der Waals surface area contributed by atoms with Crippen LogP contribution < -0.4 is 0 Å². The molecule has 0 radical (unpaired) electrons. The molecule has 4 saturated carbocycles. The molecule has 3 heteroatoms. The van der Waals surface area contributed by atoms with E-state index in [1.165, 1.54) is 103 Å². The molecule has 48 heavy (non-hydrogen) atoms. The van der Waals surface area contributed by atoms with Gasteiger partial charge in [-0.05, 0) is 129 Å². The molecule has 0 bridgehead atoms. The van der Waals surface area contributed by atoms with Crippen molar-refractivity contribution in [2.75, 3.05) is 6.61 Å². The highest BCUT2D eigenvalue weighted by atomic mass is 16.5. The van der Waals surface area contributed by atoms with Crippen LogP contribution in [0.5, 0.6) is 0 Å². The monoisotopic (exact) mass is 665 g/mol. The van der Waals surface area contributed by atoms with Gasteiger partial charge in [0.15, 0.2) is 0 Å². The summed E-state index contributed by atoms with van der Waals surface area (Å²) in [7, 11) is 0. The Bertz CT molecular complexity index is 1160. The van der Waals surface area contributed by atoms with Crippen LogP contribution in [0.15, 0.2) is 23.8 Å². The number of ether oxygens (including phenoxy) is 1. The third-order valence-electron chi connectivity index (χ3n) is 16.2. The van der Waals surface area contributed by atoms with Crippen molar-refractivity contribution in [2.45, 2.75) is 196 Å². The SMILES string of the molecule is CCC=CCCCCCCCCCCC(=O)OC1CCC2(C)C(CCC3(C)C2CC=C2C4CC(C)(C)CCC4(CO)CCC23C)C1(C)C. The fourth-order valence-electron chi connectivity index (χ4n) is 12.9. The minimum atomic E-state index is -0.00673. The lowest BCUT2D eigenvalue weighted by Crippen LogP contribution is -2.65. The van der Waals surface area contributed by atoms with E-state index in [0.29, 0.717) is 36.2 Å². The van der Waals surface area contributed by atoms with Gasteiger partial charge in [-0.1, -0.05) is 118 Å². The molecule has 0 aliphatic heterocycles. The molecule has 5 aliphatic rings. The number of aliphatic hydroxyl groups excluding tert-OH is 1. The average molecular weight is 665 g/mol. The maximum atomic E-state index is 13.2. The number of carbonyl (C=O) groups is 1. The molecule has 0 amide bonds. The topological polar surface area (TPSA) is 46.5 Å². The van der Waals surface area contributed by atoms with E-state index in [9.17, 15) is 9.90 Å². The van der Waals surface area contributed by atoms with Crippen LogP contribution >= 0.6 is 0 Å². The van der Waals surface area contributed by atoms with Crippen molar-refractivity contribution in [1.29, 1.82) is 0 Å². The minimum Gasteiger partial charge on any atom is -0.462 e. The number of aliphatic hydroxyl groups is 1. The van der Waals surface area contributed by atoms with E-state index in [-0.39, 0.29) is 39.1 Å². The molecule has 0 aromatic carbocycles. The third-order valence-corrected chi connectivity index (χ3v) is 16.2. The first-order valence-electron chi connectivity index (χ1n) is 20.8. The van der Waals surface area contributed by atoms with Gasteiger partial charge in [0.25, 0.3) is 0 Å². The van der Waals surface area contributed by atoms with Crippen molar-refractivity contribution in [1.82, 2.24) is 0 Å². The van der Waals surface area contributed by atoms with E-state index in [1.807, 2.05) is 0 Å². The van der Waals surface area contributed by atoms with Crippen molar-refractivity contribution in [3.05, 3.63) is 23.8 Å². The van der Waals surface area contributed by atoms with Crippen molar-refractivity contribution >= 4 is 5.97 Å². The lowest BCUT2D eigenvalue weighted by molar-refractivity contribution is -0.213. The van der Waals surface area contributed by atoms with E-state index >= 15 is 0 Å². The fraction of sp³-hybridized carbons (Fsp3) is 0.889. The zero-order valence-corrected chi connectivity index (χ0v) is 32.9. The van der Waals surface area contributed by atoms with Crippen molar-refractivity contribution in [2.24, 2.45) is 50.2 Å². The van der Waals surface area contributed by atoms with E-state index in [4.69, 9.17) is 4.74 Å². The van der Waals surface area contributed by atoms with Crippen LogP contribution in [-0.2, 0) is 9.53 Å². The molecule has 0 heterocycles. The smallest absolute Gasteiger partial charge is 0.306 e. The van der Waals surface area contributed by atoms with Crippen LogP contribution in [0.25, 0.3) is 0 Å². The van der Waals surface area contributed by atoms with Crippen molar-refractivity contribution in [3.63, 3.8) is 0 Å². The van der Waals surface area contributed by atoms with Crippen LogP contribution in [0.2, 0.25) is 0 Å². The Morgan fingerprint density at radius 3 is 2.17 bits per heavy atom. The molecule has 0 aromatic rings. The van der Waals surface area contributed by atoms with E-state index < -0.39 is 0 Å². The summed E-state index contributed by atoms with van der Waals surface area (Å²) in [6, 6.07) is 0. The van der Waals surface area contributed by atoms with Crippen LogP contribution in [-0.4, -0.2) is 23.8 Å². The van der Waals surface area contributed by atoms with E-state index in [0.717, 1.165) is 25.7 Å². The first kappa shape index (κ1) is 38.1. The molecule has 1 N–H and O–H groups in total. The molecule has 0 spiro atoms. The van der Waals surface area contributed by atoms with Gasteiger partial charge in [-0.15, -0.1) is 0 Å². The molecule has 3 nitrogen and oxygen atoms in total. The van der Waals surface area contributed by atoms with Gasteiger partial charge < -0.3 is 9.84 Å². The maximum absolute atomic E-state index is 13.2. The molecule has 5 aliphatic carbocycles. The Balaban J connectivity index is 1.16. The Morgan fingerprint density at radius 1 is 0.812 bits per heavy atom. The number of fused-ring (bicyclic) bond motifs is 7. The molecule has 4 fully saturated rings. The second-order valence-corrected chi connectivity index (χ2v) is 19.8. The van der Waals surface area contributed by atoms with Gasteiger partial charge in [0.2, 0.25) is 0 Å². The highest BCUT2D eigenvalue weighted by Gasteiger charge is 2.68. The summed E-state index contributed by atoms with van der Waals surface area (Å²) in [6.45, 7) is 20.3. The Labute approximate surface area is 296 Å². The van der Waals surface area contributed by atoms with Gasteiger partial charge in [-0.25, -0.2) is 0 Å². The van der Waals surface area contributed by atoms with Crippen LogP contribution in [0, 0.1) is 50.2 Å². The van der Waals surface area contributed by atoms with Crippen LogP contribution in [0.1, 0.15) is 190 Å². The average Bonchev–Trinajstić information content (AvgIpc) is 3.03. The van der Waals surface area contributed by atoms with Gasteiger partial charge in [-0.3, -0.25) is 4.79 Å². The number of carbonyl (C=O) groups excluding carboxylic acids is 1. The Hall–Kier alpha value is -1.09. The number of allylic oxidation sites excluding steroid dienone is 4. The molecular formula is C45H76O3. The first-order valence-corrected chi connectivity index (χ1v) is 20.8. The van der Waals surface area contributed by atoms with Gasteiger partial charge in [-0.2, -0.15) is 0 Å². The molecule has 274 valence electrons. The van der Waals surface area contributed by atoms with E-state index in [2.05, 4.69) is 73.6 Å². The fourth-order valence-corrected chi connectivity index (χ4v) is 12.9. The Morgan fingerprint density at radius 2 is 1.48 bits per heavy atom. The van der Waals surface area contributed by atoms with Crippen LogP contribution in [0.3, 0.4) is 0 Å². The largest absolute Gasteiger partial charge is 0.462 e. The second-order valence-electron chi connectivity index (χ2n) is 19.8. The van der Waals surface area contributed by atoms with Gasteiger partial charge in [0, 0.05) is 23.9 Å². The molecule has 0 saturated heterocycles. The Kier molecular flexibility index (Phi) is 11.8. The summed E-state index contributed by atoms with van der Waals surface area (Å²) in [5, 5.41) is 10.8. The molecule has 5 rings (SSSR count). The standard InChI is InChI=1S/C45H76O3/c1-9-10-11-12-13-14-15-16-17-18-19-20-21-39(47)48-38-25-26-42(6)36(41(38,4)5)24-27-44(8)37(42)23-22-34-35-32-40(2,3)28-30-45(35,33-46)31-29-43(34,44)7/h10-11,22,35-38,46H,9,12-21,23-33H2,1-8H3. The van der Waals surface area contributed by atoms with Gasteiger partial charge >= 0.3 is 5.97 Å². The highest BCUT2D eigenvalue weighted by molar-refractivity contribution is 5.69. The minimum absolute atomic E-state index is 0.00673. The van der Waals surface area contributed by atoms with Crippen molar-refractivity contribution < 1.29 is 14.6 Å². The molecule has 8 unspecified atom stereocenters. The first-order chi connectivity index (χ1) is 22.7. The number of rotatable bonds is 14.